The quantitative estimate of drug-likeness (QED) is 0.790. The average molecular weight is 354 g/mol. The van der Waals surface area contributed by atoms with Crippen LogP contribution in [-0.2, 0) is 9.59 Å². The zero-order chi connectivity index (χ0) is 18.4. The van der Waals surface area contributed by atoms with Crippen molar-refractivity contribution in [3.8, 4) is 5.75 Å². The molecule has 2 amide bonds. The molecule has 2 unspecified atom stereocenters. The lowest BCUT2D eigenvalue weighted by molar-refractivity contribution is -0.129. The number of halogens is 2. The molecule has 5 nitrogen and oxygen atoms in total. The minimum absolute atomic E-state index is 0.0688. The molecule has 1 aromatic carbocycles. The number of alkyl halides is 2. The molecular weight excluding hydrogens is 330 g/mol. The van der Waals surface area contributed by atoms with E-state index < -0.39 is 12.7 Å². The summed E-state index contributed by atoms with van der Waals surface area (Å²) in [6, 6.07) is 5.28. The Morgan fingerprint density at radius 3 is 2.24 bits per heavy atom. The molecule has 0 radical (unpaired) electrons. The van der Waals surface area contributed by atoms with Crippen molar-refractivity contribution in [2.75, 3.05) is 0 Å². The highest BCUT2D eigenvalue weighted by atomic mass is 19.3. The van der Waals surface area contributed by atoms with Crippen LogP contribution in [0.15, 0.2) is 24.3 Å². The van der Waals surface area contributed by atoms with Crippen molar-refractivity contribution in [2.45, 2.75) is 58.2 Å². The summed E-state index contributed by atoms with van der Waals surface area (Å²) in [5, 5.41) is 5.65. The third-order valence-electron chi connectivity index (χ3n) is 4.48. The Morgan fingerprint density at radius 1 is 1.12 bits per heavy atom. The number of benzene rings is 1. The van der Waals surface area contributed by atoms with Crippen LogP contribution in [0.4, 0.5) is 8.78 Å². The molecule has 0 spiro atoms. The van der Waals surface area contributed by atoms with Crippen molar-refractivity contribution in [1.82, 2.24) is 10.6 Å². The molecule has 1 aromatic rings. The number of amides is 2. The highest BCUT2D eigenvalue weighted by molar-refractivity contribution is 5.87. The van der Waals surface area contributed by atoms with Crippen LogP contribution >= 0.6 is 0 Å². The van der Waals surface area contributed by atoms with Gasteiger partial charge in [0.05, 0.1) is 6.04 Å². The smallest absolute Gasteiger partial charge is 0.387 e. The van der Waals surface area contributed by atoms with Gasteiger partial charge >= 0.3 is 6.61 Å². The molecule has 2 rings (SSSR count). The van der Waals surface area contributed by atoms with Crippen LogP contribution in [-0.4, -0.2) is 24.5 Å². The van der Waals surface area contributed by atoms with Crippen LogP contribution in [0.5, 0.6) is 5.75 Å². The first-order valence-electron chi connectivity index (χ1n) is 8.49. The van der Waals surface area contributed by atoms with Gasteiger partial charge in [0, 0.05) is 6.92 Å². The van der Waals surface area contributed by atoms with E-state index in [0.717, 1.165) is 31.2 Å². The second-order valence-corrected chi connectivity index (χ2v) is 6.40. The Hall–Kier alpha value is -2.18. The second kappa shape index (κ2) is 8.78. The topological polar surface area (TPSA) is 67.4 Å². The van der Waals surface area contributed by atoms with E-state index in [-0.39, 0.29) is 29.5 Å². The Balaban J connectivity index is 2.00. The fourth-order valence-corrected chi connectivity index (χ4v) is 3.23. The number of rotatable bonds is 7. The number of ether oxygens (including phenoxy) is 1. The molecule has 7 heteroatoms. The highest BCUT2D eigenvalue weighted by Crippen LogP contribution is 2.28. The summed E-state index contributed by atoms with van der Waals surface area (Å²) in [5.74, 6) is -0.229. The average Bonchev–Trinajstić information content (AvgIpc) is 3.06. The Morgan fingerprint density at radius 2 is 1.72 bits per heavy atom. The van der Waals surface area contributed by atoms with E-state index in [1.807, 2.05) is 0 Å². The van der Waals surface area contributed by atoms with Crippen LogP contribution in [0.1, 0.15) is 51.1 Å². The zero-order valence-electron chi connectivity index (χ0n) is 14.4. The van der Waals surface area contributed by atoms with Gasteiger partial charge in [-0.2, -0.15) is 8.78 Å². The predicted octanol–water partition coefficient (Wildman–Crippen LogP) is 3.16. The zero-order valence-corrected chi connectivity index (χ0v) is 14.4. The Labute approximate surface area is 146 Å². The largest absolute Gasteiger partial charge is 0.435 e. The Kier molecular flexibility index (Phi) is 6.73. The van der Waals surface area contributed by atoms with E-state index in [1.54, 1.807) is 19.1 Å². The monoisotopic (exact) mass is 354 g/mol. The van der Waals surface area contributed by atoms with E-state index >= 15 is 0 Å². The molecule has 2 N–H and O–H groups in total. The SMILES string of the molecule is CC(=O)NC(C(=O)NC(C)c1ccc(OC(F)F)cc1)C1CCCC1. The molecule has 0 aromatic heterocycles. The van der Waals surface area contributed by atoms with Gasteiger partial charge in [0.25, 0.3) is 0 Å². The number of nitrogens with one attached hydrogen (secondary N) is 2. The molecular formula is C18H24F2N2O3. The summed E-state index contributed by atoms with van der Waals surface area (Å²) in [7, 11) is 0. The molecule has 25 heavy (non-hydrogen) atoms. The highest BCUT2D eigenvalue weighted by Gasteiger charge is 2.31. The van der Waals surface area contributed by atoms with Crippen molar-refractivity contribution in [2.24, 2.45) is 5.92 Å². The summed E-state index contributed by atoms with van der Waals surface area (Å²) < 4.78 is 28.7. The number of hydrogen-bond acceptors (Lipinski definition) is 3. The van der Waals surface area contributed by atoms with Gasteiger partial charge in [-0.3, -0.25) is 9.59 Å². The first kappa shape index (κ1) is 19.1. The lowest BCUT2D eigenvalue weighted by Gasteiger charge is -2.25. The van der Waals surface area contributed by atoms with Gasteiger partial charge in [-0.05, 0) is 43.4 Å². The van der Waals surface area contributed by atoms with E-state index in [1.165, 1.54) is 19.1 Å². The summed E-state index contributed by atoms with van der Waals surface area (Å²) >= 11 is 0. The van der Waals surface area contributed by atoms with Gasteiger partial charge in [-0.15, -0.1) is 0 Å². The molecule has 0 bridgehead atoms. The molecule has 0 heterocycles. The van der Waals surface area contributed by atoms with Crippen LogP contribution in [0.2, 0.25) is 0 Å². The minimum Gasteiger partial charge on any atom is -0.435 e. The van der Waals surface area contributed by atoms with E-state index in [4.69, 9.17) is 0 Å². The molecule has 0 saturated heterocycles. The van der Waals surface area contributed by atoms with E-state index in [0.29, 0.717) is 0 Å². The van der Waals surface area contributed by atoms with Crippen molar-refractivity contribution in [1.29, 1.82) is 0 Å². The molecule has 1 saturated carbocycles. The third kappa shape index (κ3) is 5.69. The second-order valence-electron chi connectivity index (χ2n) is 6.40. The molecule has 1 aliphatic carbocycles. The fourth-order valence-electron chi connectivity index (χ4n) is 3.23. The Bertz CT molecular complexity index is 586. The van der Waals surface area contributed by atoms with Crippen LogP contribution in [0.3, 0.4) is 0 Å². The minimum atomic E-state index is -2.87. The maximum Gasteiger partial charge on any atom is 0.387 e. The van der Waals surface area contributed by atoms with Crippen molar-refractivity contribution < 1.29 is 23.1 Å². The maximum absolute atomic E-state index is 12.6. The van der Waals surface area contributed by atoms with Gasteiger partial charge in [0.15, 0.2) is 0 Å². The molecule has 1 fully saturated rings. The van der Waals surface area contributed by atoms with E-state index in [2.05, 4.69) is 15.4 Å². The van der Waals surface area contributed by atoms with Gasteiger partial charge in [-0.1, -0.05) is 25.0 Å². The predicted molar refractivity (Wildman–Crippen MR) is 89.2 cm³/mol. The molecule has 2 atom stereocenters. The van der Waals surface area contributed by atoms with Gasteiger partial charge in [-0.25, -0.2) is 0 Å². The number of hydrogen-bond donors (Lipinski definition) is 2. The summed E-state index contributed by atoms with van der Waals surface area (Å²) in [6.45, 7) is 0.341. The van der Waals surface area contributed by atoms with Gasteiger partial charge in [0.1, 0.15) is 11.8 Å². The van der Waals surface area contributed by atoms with Crippen molar-refractivity contribution in [3.63, 3.8) is 0 Å². The van der Waals surface area contributed by atoms with Crippen LogP contribution in [0.25, 0.3) is 0 Å². The van der Waals surface area contributed by atoms with Crippen LogP contribution in [0, 0.1) is 5.92 Å². The van der Waals surface area contributed by atoms with Gasteiger partial charge < -0.3 is 15.4 Å². The number of carbonyl (C=O) groups excluding carboxylic acids is 2. The maximum atomic E-state index is 12.6. The summed E-state index contributed by atoms with van der Waals surface area (Å²) in [6.07, 6.45) is 3.98. The van der Waals surface area contributed by atoms with Crippen LogP contribution < -0.4 is 15.4 Å². The normalized spacial score (nSPS) is 17.2. The van der Waals surface area contributed by atoms with E-state index in [9.17, 15) is 18.4 Å². The molecule has 0 aliphatic heterocycles. The summed E-state index contributed by atoms with van der Waals surface area (Å²) in [5.41, 5.74) is 0.767. The lowest BCUT2D eigenvalue weighted by atomic mass is 9.96. The first-order chi connectivity index (χ1) is 11.9. The lowest BCUT2D eigenvalue weighted by Crippen LogP contribution is -2.50. The van der Waals surface area contributed by atoms with Crippen molar-refractivity contribution in [3.05, 3.63) is 29.8 Å². The number of carbonyl (C=O) groups is 2. The first-order valence-corrected chi connectivity index (χ1v) is 8.49. The van der Waals surface area contributed by atoms with Crippen molar-refractivity contribution >= 4 is 11.8 Å². The standard InChI is InChI=1S/C18H24F2N2O3/c1-11(13-7-9-15(10-8-13)25-18(19)20)21-17(24)16(22-12(2)23)14-5-3-4-6-14/h7-11,14,16,18H,3-6H2,1-2H3,(H,21,24)(H,22,23). The van der Waals surface area contributed by atoms with Gasteiger partial charge in [0.2, 0.25) is 11.8 Å². The molecule has 138 valence electrons. The third-order valence-corrected chi connectivity index (χ3v) is 4.48. The summed E-state index contributed by atoms with van der Waals surface area (Å²) in [4.78, 5) is 24.0. The fraction of sp³-hybridized carbons (Fsp3) is 0.556. The molecule has 1 aliphatic rings.